The van der Waals surface area contributed by atoms with Crippen molar-refractivity contribution in [2.75, 3.05) is 0 Å². The molecule has 0 amide bonds. The lowest BCUT2D eigenvalue weighted by atomic mass is 9.93. The molecule has 0 aliphatic heterocycles. The van der Waals surface area contributed by atoms with E-state index in [2.05, 4.69) is 459 Å². The first-order valence-corrected chi connectivity index (χ1v) is 42.0. The minimum absolute atomic E-state index is 1.17. The maximum absolute atomic E-state index is 3.69. The summed E-state index contributed by atoms with van der Waals surface area (Å²) >= 11 is 0. The van der Waals surface area contributed by atoms with Crippen molar-refractivity contribution in [3.63, 3.8) is 0 Å². The first-order valence-electron chi connectivity index (χ1n) is 42.0. The Balaban J connectivity index is 0.000000102. The van der Waals surface area contributed by atoms with Crippen LogP contribution in [0.15, 0.2) is 431 Å². The molecule has 27 aromatic rings. The van der Waals surface area contributed by atoms with Gasteiger partial charge in [-0.1, -0.05) is 303 Å². The van der Waals surface area contributed by atoms with Crippen LogP contribution in [0.5, 0.6) is 0 Å². The molecule has 568 valence electrons. The fraction of sp³-hybridized carbons (Fsp3) is 0. The molecular formula is C116H74N6. The van der Waals surface area contributed by atoms with Gasteiger partial charge in [-0.15, -0.1) is 0 Å². The molecule has 0 saturated carbocycles. The van der Waals surface area contributed by atoms with Gasteiger partial charge in [0.2, 0.25) is 0 Å². The molecule has 0 atom stereocenters. The van der Waals surface area contributed by atoms with Gasteiger partial charge in [-0.2, -0.15) is 0 Å². The van der Waals surface area contributed by atoms with Gasteiger partial charge in [-0.3, -0.25) is 0 Å². The fourth-order valence-corrected chi connectivity index (χ4v) is 20.3. The molecule has 0 fully saturated rings. The van der Waals surface area contributed by atoms with Gasteiger partial charge in [0.15, 0.2) is 0 Å². The zero-order valence-electron chi connectivity index (χ0n) is 66.3. The van der Waals surface area contributed by atoms with E-state index in [0.717, 1.165) is 0 Å². The van der Waals surface area contributed by atoms with Crippen LogP contribution in [0.2, 0.25) is 0 Å². The lowest BCUT2D eigenvalue weighted by molar-refractivity contribution is 1.18. The second kappa shape index (κ2) is 27.7. The number of fused-ring (bicyclic) bond motifs is 26. The van der Waals surface area contributed by atoms with Crippen molar-refractivity contribution in [1.29, 1.82) is 0 Å². The van der Waals surface area contributed by atoms with E-state index in [1.54, 1.807) is 0 Å². The lowest BCUT2D eigenvalue weighted by Crippen LogP contribution is -1.95. The summed E-state index contributed by atoms with van der Waals surface area (Å²) in [4.78, 5) is 11.0. The Morgan fingerprint density at radius 1 is 0.148 bits per heavy atom. The molecule has 0 radical (unpaired) electrons. The van der Waals surface area contributed by atoms with Crippen molar-refractivity contribution in [3.05, 3.63) is 431 Å². The molecule has 6 heterocycles. The Morgan fingerprint density at radius 3 is 1.07 bits per heavy atom. The topological polar surface area (TPSA) is 62.2 Å². The van der Waals surface area contributed by atoms with Gasteiger partial charge in [0, 0.05) is 114 Å². The summed E-state index contributed by atoms with van der Waals surface area (Å²) in [5.74, 6) is 0. The minimum atomic E-state index is 1.17. The molecule has 0 unspecified atom stereocenters. The van der Waals surface area contributed by atoms with Crippen molar-refractivity contribution in [3.8, 4) is 61.6 Å². The molecule has 0 spiro atoms. The van der Waals surface area contributed by atoms with Gasteiger partial charge in [-0.25, -0.2) is 0 Å². The van der Waals surface area contributed by atoms with Crippen LogP contribution in [0.25, 0.3) is 246 Å². The van der Waals surface area contributed by atoms with Crippen LogP contribution in [0.1, 0.15) is 0 Å². The van der Waals surface area contributed by atoms with Gasteiger partial charge in [0.25, 0.3) is 0 Å². The highest BCUT2D eigenvalue weighted by molar-refractivity contribution is 6.27. The standard InChI is InChI=1S/C44H28N2.C38H24N2.C34H22N2/c1-2-10-33(11-3-1)46-42-17-9-7-15-38(42)44-37-14-5-4-12-34(37)39(27-43(44)46)32-21-20-28-24-29(18-19-30(28)25-32)31-22-23-36-35-13-6-8-16-40(35)45-41(36)26-31;1-2-12-26-24(10-1)11-9-19-35(26)40-36-18-8-6-14-28(36)32-22-25(20-21-37(32)40)31-23-34-38(29-15-4-3-13-27(29)31)30-16-5-7-17-33(30)39-34;1-2-10-23(11-3-1)36-32-17-9-7-13-25(32)29-20-22(18-19-33(29)36)28-21-31-34(26-14-5-4-12-24(26)28)27-15-6-8-16-30(27)35-31/h1-27,45H;1-23,39H;1-21,35H. The first-order chi connectivity index (χ1) is 60.5. The number of aromatic amines is 3. The highest BCUT2D eigenvalue weighted by atomic mass is 15.0. The predicted octanol–water partition coefficient (Wildman–Crippen LogP) is 31.7. The quantitative estimate of drug-likeness (QED) is 0.142. The minimum Gasteiger partial charge on any atom is -0.354 e. The van der Waals surface area contributed by atoms with Crippen LogP contribution in [-0.2, 0) is 0 Å². The molecule has 21 aromatic carbocycles. The SMILES string of the molecule is c1ccc(-n2c3ccccc3c3c4ccccc4c(-c4ccc5cc(-c6ccc7c(c6)[nH]c6ccccc67)ccc5c4)cc32)cc1.c1ccc(-n2c3ccccc3c3cc(-c4cc5[nH]c6ccccc6c5c5ccccc45)ccc32)cc1.c1ccc2c(-n3c4ccccc4c4cc(-c5cc6[nH]c7ccccc7c6c6ccccc56)ccc43)cccc2c1. The molecule has 0 bridgehead atoms. The van der Waals surface area contributed by atoms with Gasteiger partial charge in [-0.05, 0) is 220 Å². The second-order valence-corrected chi connectivity index (χ2v) is 32.4. The van der Waals surface area contributed by atoms with E-state index in [4.69, 9.17) is 0 Å². The number of benzene rings is 21. The number of H-pyrrole nitrogens is 3. The average molecular weight is 1550 g/mol. The van der Waals surface area contributed by atoms with E-state index in [9.17, 15) is 0 Å². The number of hydrogen-bond acceptors (Lipinski definition) is 0. The van der Waals surface area contributed by atoms with Crippen LogP contribution in [0.4, 0.5) is 0 Å². The van der Waals surface area contributed by atoms with E-state index in [0.29, 0.717) is 0 Å². The van der Waals surface area contributed by atoms with E-state index < -0.39 is 0 Å². The largest absolute Gasteiger partial charge is 0.354 e. The third-order valence-corrected chi connectivity index (χ3v) is 25.7. The molecule has 27 rings (SSSR count). The molecule has 6 aromatic heterocycles. The number of nitrogens with zero attached hydrogens (tertiary/aromatic N) is 3. The van der Waals surface area contributed by atoms with Crippen molar-refractivity contribution < 1.29 is 0 Å². The van der Waals surface area contributed by atoms with Gasteiger partial charge in [0.05, 0.1) is 38.8 Å². The molecule has 122 heavy (non-hydrogen) atoms. The van der Waals surface area contributed by atoms with Gasteiger partial charge in [0.1, 0.15) is 0 Å². The number of para-hydroxylation sites is 8. The highest BCUT2D eigenvalue weighted by Crippen LogP contribution is 2.47. The van der Waals surface area contributed by atoms with E-state index in [1.165, 1.54) is 246 Å². The Bertz CT molecular complexity index is 8970. The summed E-state index contributed by atoms with van der Waals surface area (Å²) in [6, 6.07) is 157. The third-order valence-electron chi connectivity index (χ3n) is 25.7. The number of nitrogens with one attached hydrogen (secondary N) is 3. The fourth-order valence-electron chi connectivity index (χ4n) is 20.3. The maximum atomic E-state index is 3.69. The summed E-state index contributed by atoms with van der Waals surface area (Å²) in [5.41, 5.74) is 27.8. The molecule has 0 aliphatic carbocycles. The molecule has 6 heteroatoms. The zero-order chi connectivity index (χ0) is 80.0. The predicted molar refractivity (Wildman–Crippen MR) is 520 cm³/mol. The maximum Gasteiger partial charge on any atom is 0.0553 e. The van der Waals surface area contributed by atoms with Crippen molar-refractivity contribution in [2.24, 2.45) is 0 Å². The van der Waals surface area contributed by atoms with Crippen molar-refractivity contribution in [1.82, 2.24) is 28.7 Å². The van der Waals surface area contributed by atoms with Gasteiger partial charge >= 0.3 is 0 Å². The van der Waals surface area contributed by atoms with Crippen molar-refractivity contribution in [2.45, 2.75) is 0 Å². The molecule has 0 aliphatic rings. The number of aromatic nitrogens is 6. The summed E-state index contributed by atoms with van der Waals surface area (Å²) in [7, 11) is 0. The van der Waals surface area contributed by atoms with Crippen LogP contribution in [-0.4, -0.2) is 28.7 Å². The average Bonchev–Trinajstić information content (AvgIpc) is 1.56. The van der Waals surface area contributed by atoms with E-state index in [1.807, 2.05) is 0 Å². The first kappa shape index (κ1) is 68.9. The summed E-state index contributed by atoms with van der Waals surface area (Å²) in [6.45, 7) is 0. The van der Waals surface area contributed by atoms with Crippen LogP contribution >= 0.6 is 0 Å². The van der Waals surface area contributed by atoms with Crippen LogP contribution < -0.4 is 0 Å². The summed E-state index contributed by atoms with van der Waals surface area (Å²) in [5, 5.41) is 28.0. The summed E-state index contributed by atoms with van der Waals surface area (Å²) in [6.07, 6.45) is 0. The molecular weight excluding hydrogens is 1480 g/mol. The molecule has 0 saturated heterocycles. The zero-order valence-corrected chi connectivity index (χ0v) is 66.3. The number of rotatable bonds is 7. The summed E-state index contributed by atoms with van der Waals surface area (Å²) < 4.78 is 7.21. The number of hydrogen-bond donors (Lipinski definition) is 3. The Labute approximate surface area is 700 Å². The lowest BCUT2D eigenvalue weighted by Gasteiger charge is -2.13. The molecule has 6 nitrogen and oxygen atoms in total. The van der Waals surface area contributed by atoms with E-state index in [-0.39, 0.29) is 0 Å². The Hall–Kier alpha value is -16.3. The van der Waals surface area contributed by atoms with Crippen LogP contribution in [0, 0.1) is 0 Å². The normalized spacial score (nSPS) is 11.9. The Morgan fingerprint density at radius 2 is 0.500 bits per heavy atom. The van der Waals surface area contributed by atoms with Gasteiger partial charge < -0.3 is 28.7 Å². The van der Waals surface area contributed by atoms with Crippen molar-refractivity contribution >= 4 is 185 Å². The second-order valence-electron chi connectivity index (χ2n) is 32.4. The van der Waals surface area contributed by atoms with Crippen LogP contribution in [0.3, 0.4) is 0 Å². The Kier molecular flexibility index (Phi) is 15.6. The third kappa shape index (κ3) is 10.9. The molecule has 3 N–H and O–H groups in total. The van der Waals surface area contributed by atoms with E-state index >= 15 is 0 Å². The highest BCUT2D eigenvalue weighted by Gasteiger charge is 2.23. The smallest absolute Gasteiger partial charge is 0.0553 e. The monoisotopic (exact) mass is 1550 g/mol.